The van der Waals surface area contributed by atoms with Crippen LogP contribution in [0.15, 0.2) is 103 Å². The van der Waals surface area contributed by atoms with Crippen molar-refractivity contribution in [2.75, 3.05) is 49.9 Å². The van der Waals surface area contributed by atoms with Crippen LogP contribution in [0.25, 0.3) is 0 Å². The molecule has 5 amide bonds. The number of anilines is 2. The summed E-state index contributed by atoms with van der Waals surface area (Å²) in [5.41, 5.74) is 10.7. The van der Waals surface area contributed by atoms with Crippen LogP contribution in [-0.2, 0) is 49.8 Å². The Bertz CT molecular complexity index is 2050. The van der Waals surface area contributed by atoms with Gasteiger partial charge in [0.2, 0.25) is 29.5 Å². The molecule has 6 heterocycles. The Labute approximate surface area is 338 Å². The van der Waals surface area contributed by atoms with Gasteiger partial charge >= 0.3 is 0 Å². The smallest absolute Gasteiger partial charge is 0.243 e. The van der Waals surface area contributed by atoms with Crippen molar-refractivity contribution >= 4 is 46.7 Å². The molecule has 0 saturated carbocycles. The highest BCUT2D eigenvalue weighted by Crippen LogP contribution is 2.16. The molecule has 0 radical (unpaired) electrons. The lowest BCUT2D eigenvalue weighted by molar-refractivity contribution is -0.132. The van der Waals surface area contributed by atoms with E-state index in [1.54, 1.807) is 60.7 Å². The normalized spacial score (nSPS) is 20.2. The topological polar surface area (TPSA) is 202 Å². The third-order valence-corrected chi connectivity index (χ3v) is 10.3. The first-order valence-corrected chi connectivity index (χ1v) is 19.6. The Morgan fingerprint density at radius 1 is 0.707 bits per heavy atom. The quantitative estimate of drug-likeness (QED) is 0.0992. The van der Waals surface area contributed by atoms with E-state index in [1.165, 1.54) is 0 Å². The summed E-state index contributed by atoms with van der Waals surface area (Å²) in [6.07, 6.45) is 1.76. The molecule has 2 atom stereocenters. The first kappa shape index (κ1) is 41.3. The number of piperazine rings is 1. The highest BCUT2D eigenvalue weighted by molar-refractivity contribution is 5.95. The zero-order valence-electron chi connectivity index (χ0n) is 32.5. The fourth-order valence-corrected chi connectivity index (χ4v) is 7.00. The van der Waals surface area contributed by atoms with E-state index in [2.05, 4.69) is 36.4 Å². The third-order valence-electron chi connectivity index (χ3n) is 10.3. The molecule has 0 aliphatic carbocycles. The predicted molar refractivity (Wildman–Crippen MR) is 223 cm³/mol. The van der Waals surface area contributed by atoms with Crippen LogP contribution in [0.2, 0.25) is 0 Å². The Morgan fingerprint density at radius 2 is 1.26 bits per heavy atom. The average molecular weight is 786 g/mol. The molecule has 6 bridgehead atoms. The van der Waals surface area contributed by atoms with Crippen molar-refractivity contribution < 1.29 is 24.0 Å². The molecular weight excluding hydrogens is 735 g/mol. The molecule has 4 aromatic rings. The van der Waals surface area contributed by atoms with Gasteiger partial charge in [0.25, 0.3) is 0 Å². The molecular formula is C44H51N9O5. The van der Waals surface area contributed by atoms with Crippen molar-refractivity contribution in [3.8, 4) is 0 Å². The minimum absolute atomic E-state index is 0.0624. The lowest BCUT2D eigenvalue weighted by Gasteiger charge is -2.33. The van der Waals surface area contributed by atoms with Gasteiger partial charge in [-0.25, -0.2) is 0 Å². The number of nitrogens with two attached hydrogens (primary N) is 1. The van der Waals surface area contributed by atoms with Crippen LogP contribution in [0.3, 0.4) is 0 Å². The van der Waals surface area contributed by atoms with Crippen molar-refractivity contribution in [3.63, 3.8) is 0 Å². The maximum absolute atomic E-state index is 14.2. The van der Waals surface area contributed by atoms with Crippen LogP contribution in [0.1, 0.15) is 40.7 Å². The molecule has 10 rings (SSSR count). The SMILES string of the molecule is N=C(N)c1ccc(CNC(=O)C2Cc3ccc(cc3)NC(=O)CN3CCN(CC3)CC(=O)Nc3ccc(cc3)CC(NC(=O)CCCc3ccccc3)C(=O)N2)cc1. The number of rotatable bonds is 9. The largest absolute Gasteiger partial charge is 0.384 e. The summed E-state index contributed by atoms with van der Waals surface area (Å²) < 4.78 is 0. The highest BCUT2D eigenvalue weighted by Gasteiger charge is 2.28. The summed E-state index contributed by atoms with van der Waals surface area (Å²) in [4.78, 5) is 71.4. The van der Waals surface area contributed by atoms with E-state index in [9.17, 15) is 24.0 Å². The van der Waals surface area contributed by atoms with E-state index in [0.717, 1.165) is 22.3 Å². The van der Waals surface area contributed by atoms with E-state index in [4.69, 9.17) is 11.1 Å². The van der Waals surface area contributed by atoms with Gasteiger partial charge in [-0.2, -0.15) is 0 Å². The second-order valence-corrected chi connectivity index (χ2v) is 14.8. The minimum atomic E-state index is -1.02. The van der Waals surface area contributed by atoms with Crippen LogP contribution >= 0.6 is 0 Å². The highest BCUT2D eigenvalue weighted by atomic mass is 16.2. The Kier molecular flexibility index (Phi) is 14.3. The van der Waals surface area contributed by atoms with Crippen molar-refractivity contribution in [1.29, 1.82) is 5.41 Å². The maximum atomic E-state index is 14.2. The fourth-order valence-electron chi connectivity index (χ4n) is 7.00. The predicted octanol–water partition coefficient (Wildman–Crippen LogP) is 2.57. The second kappa shape index (κ2) is 20.2. The summed E-state index contributed by atoms with van der Waals surface area (Å²) in [7, 11) is 0. The lowest BCUT2D eigenvalue weighted by atomic mass is 10.0. The van der Waals surface area contributed by atoms with Gasteiger partial charge in [-0.15, -0.1) is 0 Å². The van der Waals surface area contributed by atoms with Gasteiger partial charge in [0.15, 0.2) is 0 Å². The van der Waals surface area contributed by atoms with Gasteiger partial charge in [-0.1, -0.05) is 78.9 Å². The maximum Gasteiger partial charge on any atom is 0.243 e. The van der Waals surface area contributed by atoms with Crippen molar-refractivity contribution in [2.24, 2.45) is 5.73 Å². The van der Waals surface area contributed by atoms with E-state index < -0.39 is 23.9 Å². The summed E-state index contributed by atoms with van der Waals surface area (Å²) in [6.45, 7) is 3.19. The molecule has 0 spiro atoms. The number of nitrogens with one attached hydrogen (secondary N) is 6. The van der Waals surface area contributed by atoms with Crippen LogP contribution in [-0.4, -0.2) is 96.5 Å². The monoisotopic (exact) mass is 785 g/mol. The van der Waals surface area contributed by atoms with Crippen LogP contribution < -0.4 is 32.3 Å². The van der Waals surface area contributed by atoms with E-state index in [-0.39, 0.29) is 62.5 Å². The van der Waals surface area contributed by atoms with Gasteiger partial charge in [0, 0.05) is 68.9 Å². The molecule has 14 heteroatoms. The minimum Gasteiger partial charge on any atom is -0.384 e. The number of aryl methyl sites for hydroxylation is 1. The molecule has 2 unspecified atom stereocenters. The average Bonchev–Trinajstić information content (AvgIpc) is 3.21. The van der Waals surface area contributed by atoms with E-state index in [1.807, 2.05) is 42.5 Å². The molecule has 302 valence electrons. The summed E-state index contributed by atoms with van der Waals surface area (Å²) in [6, 6.07) is 29.0. The van der Waals surface area contributed by atoms with Gasteiger partial charge in [0.1, 0.15) is 17.9 Å². The van der Waals surface area contributed by atoms with Crippen LogP contribution in [0, 0.1) is 5.41 Å². The van der Waals surface area contributed by atoms with Crippen molar-refractivity contribution in [1.82, 2.24) is 25.8 Å². The van der Waals surface area contributed by atoms with Crippen molar-refractivity contribution in [2.45, 2.75) is 50.7 Å². The molecule has 6 aliphatic rings. The van der Waals surface area contributed by atoms with Crippen molar-refractivity contribution in [3.05, 3.63) is 131 Å². The molecule has 58 heavy (non-hydrogen) atoms. The number of nitrogen functional groups attached to an aromatic ring is 1. The first-order chi connectivity index (χ1) is 28.1. The number of nitrogens with zero attached hydrogens (tertiary/aromatic N) is 2. The number of carbonyl (C=O) groups excluding carboxylic acids is 5. The number of hydrogen-bond donors (Lipinski definition) is 7. The summed E-state index contributed by atoms with van der Waals surface area (Å²) >= 11 is 0. The third kappa shape index (κ3) is 12.6. The van der Waals surface area contributed by atoms with Gasteiger partial charge in [-0.05, 0) is 59.4 Å². The zero-order chi connectivity index (χ0) is 40.9. The van der Waals surface area contributed by atoms with Gasteiger partial charge in [-0.3, -0.25) is 39.2 Å². The molecule has 0 aromatic heterocycles. The number of amides is 5. The Hall–Kier alpha value is -6.38. The fraction of sp³-hybridized carbons (Fsp3) is 0.318. The number of fused-ring (bicyclic) bond motifs is 1. The molecule has 4 aromatic carbocycles. The lowest BCUT2D eigenvalue weighted by Crippen LogP contribution is -2.55. The molecule has 6 aliphatic heterocycles. The molecule has 8 N–H and O–H groups in total. The Morgan fingerprint density at radius 3 is 1.81 bits per heavy atom. The summed E-state index contributed by atoms with van der Waals surface area (Å²) in [5, 5.41) is 22.3. The summed E-state index contributed by atoms with van der Waals surface area (Å²) in [5.74, 6) is -1.64. The number of amidine groups is 1. The molecule has 1 fully saturated rings. The number of carbonyl (C=O) groups is 5. The number of benzene rings is 4. The second-order valence-electron chi connectivity index (χ2n) is 14.8. The molecule has 14 nitrogen and oxygen atoms in total. The van der Waals surface area contributed by atoms with Crippen LogP contribution in [0.4, 0.5) is 11.4 Å². The standard InChI is InChI=1S/C44H51N9O5/c45-42(46)34-15-9-33(10-16-34)27-47-43(57)37-25-31-11-17-35(18-12-31)48-40(55)28-52-21-23-53(24-22-52)29-41(56)49-36-19-13-32(14-20-36)26-38(44(58)51-37)50-39(54)8-4-7-30-5-2-1-3-6-30/h1-3,5-6,9-20,37-38H,4,7-8,21-29H2,(H3,45,46)(H,47,57)(H,48,55)(H,49,56)(H,50,54)(H,51,58). The van der Waals surface area contributed by atoms with E-state index in [0.29, 0.717) is 56.0 Å². The van der Waals surface area contributed by atoms with Gasteiger partial charge < -0.3 is 32.3 Å². The first-order valence-electron chi connectivity index (χ1n) is 19.6. The van der Waals surface area contributed by atoms with Crippen LogP contribution in [0.5, 0.6) is 0 Å². The zero-order valence-corrected chi connectivity index (χ0v) is 32.5. The number of hydrogen-bond acceptors (Lipinski definition) is 8. The molecule has 1 saturated heterocycles. The van der Waals surface area contributed by atoms with E-state index >= 15 is 0 Å². The Balaban J connectivity index is 1.23. The van der Waals surface area contributed by atoms with Gasteiger partial charge in [0.05, 0.1) is 13.1 Å².